The topological polar surface area (TPSA) is 61.9 Å². The number of hydrogen-bond acceptors (Lipinski definition) is 4. The Bertz CT molecular complexity index is 404. The lowest BCUT2D eigenvalue weighted by Crippen LogP contribution is -2.50. The SMILES string of the molecule is COCCCN(C)CC(=O)N1CCCC1C(=O)NCC(F)(F)F. The molecular formula is C14H24F3N3O3. The van der Waals surface area contributed by atoms with Crippen molar-refractivity contribution in [2.75, 3.05) is 46.9 Å². The average Bonchev–Trinajstić information content (AvgIpc) is 2.93. The third kappa shape index (κ3) is 7.17. The lowest BCUT2D eigenvalue weighted by molar-refractivity contribution is -0.145. The van der Waals surface area contributed by atoms with Crippen LogP contribution in [0.3, 0.4) is 0 Å². The first-order chi connectivity index (χ1) is 10.7. The average molecular weight is 339 g/mol. The smallest absolute Gasteiger partial charge is 0.385 e. The minimum atomic E-state index is -4.45. The number of alkyl halides is 3. The summed E-state index contributed by atoms with van der Waals surface area (Å²) in [7, 11) is 3.38. The molecule has 1 aliphatic heterocycles. The number of ether oxygens (including phenoxy) is 1. The van der Waals surface area contributed by atoms with Crippen molar-refractivity contribution in [2.24, 2.45) is 0 Å². The molecule has 1 atom stereocenters. The normalized spacial score (nSPS) is 18.5. The Morgan fingerprint density at radius 2 is 2.09 bits per heavy atom. The van der Waals surface area contributed by atoms with E-state index in [0.717, 1.165) is 6.42 Å². The number of amides is 2. The van der Waals surface area contributed by atoms with Gasteiger partial charge in [-0.15, -0.1) is 0 Å². The van der Waals surface area contributed by atoms with Gasteiger partial charge < -0.3 is 15.0 Å². The molecule has 0 spiro atoms. The number of rotatable bonds is 8. The summed E-state index contributed by atoms with van der Waals surface area (Å²) in [6, 6.07) is -0.808. The first kappa shape index (κ1) is 19.7. The maximum atomic E-state index is 12.3. The van der Waals surface area contributed by atoms with Crippen LogP contribution in [0.15, 0.2) is 0 Å². The van der Waals surface area contributed by atoms with E-state index in [9.17, 15) is 22.8 Å². The number of halogens is 3. The molecule has 9 heteroatoms. The Balaban J connectivity index is 2.47. The fourth-order valence-corrected chi connectivity index (χ4v) is 2.52. The molecule has 6 nitrogen and oxygen atoms in total. The fourth-order valence-electron chi connectivity index (χ4n) is 2.52. The van der Waals surface area contributed by atoms with Crippen LogP contribution in [-0.4, -0.2) is 80.8 Å². The van der Waals surface area contributed by atoms with Gasteiger partial charge in [0.1, 0.15) is 12.6 Å². The van der Waals surface area contributed by atoms with Crippen LogP contribution < -0.4 is 5.32 Å². The number of likely N-dealkylation sites (N-methyl/N-ethyl adjacent to an activating group) is 1. The van der Waals surface area contributed by atoms with Crippen molar-refractivity contribution in [3.63, 3.8) is 0 Å². The van der Waals surface area contributed by atoms with Crippen LogP contribution in [0.5, 0.6) is 0 Å². The molecule has 1 aliphatic rings. The predicted octanol–water partition coefficient (Wildman–Crippen LogP) is 0.624. The van der Waals surface area contributed by atoms with E-state index in [-0.39, 0.29) is 12.5 Å². The van der Waals surface area contributed by atoms with Crippen molar-refractivity contribution in [3.05, 3.63) is 0 Å². The van der Waals surface area contributed by atoms with Gasteiger partial charge in [0.2, 0.25) is 11.8 Å². The molecule has 1 heterocycles. The van der Waals surface area contributed by atoms with E-state index < -0.39 is 24.7 Å². The van der Waals surface area contributed by atoms with Crippen molar-refractivity contribution in [3.8, 4) is 0 Å². The van der Waals surface area contributed by atoms with Crippen LogP contribution in [0.2, 0.25) is 0 Å². The molecule has 2 amide bonds. The first-order valence-corrected chi connectivity index (χ1v) is 7.56. The minimum Gasteiger partial charge on any atom is -0.385 e. The highest BCUT2D eigenvalue weighted by Crippen LogP contribution is 2.19. The molecule has 1 N–H and O–H groups in total. The zero-order chi connectivity index (χ0) is 17.5. The maximum Gasteiger partial charge on any atom is 0.405 e. The number of nitrogens with zero attached hydrogens (tertiary/aromatic N) is 2. The molecular weight excluding hydrogens is 315 g/mol. The summed E-state index contributed by atoms with van der Waals surface area (Å²) in [6.45, 7) is 0.409. The standard InChI is InChI=1S/C14H24F3N3O3/c1-19(6-4-8-23-2)9-12(21)20-7-3-5-11(20)13(22)18-10-14(15,16)17/h11H,3-10H2,1-2H3,(H,18,22). The minimum absolute atomic E-state index is 0.132. The van der Waals surface area contributed by atoms with Crippen LogP contribution in [0.4, 0.5) is 13.2 Å². The summed E-state index contributed by atoms with van der Waals surface area (Å²) in [5.41, 5.74) is 0. The predicted molar refractivity (Wildman–Crippen MR) is 77.8 cm³/mol. The van der Waals surface area contributed by atoms with Gasteiger partial charge >= 0.3 is 6.18 Å². The lowest BCUT2D eigenvalue weighted by atomic mass is 10.2. The second-order valence-electron chi connectivity index (χ2n) is 5.66. The molecule has 134 valence electrons. The lowest BCUT2D eigenvalue weighted by Gasteiger charge is -2.26. The second-order valence-corrected chi connectivity index (χ2v) is 5.66. The molecule has 0 radical (unpaired) electrons. The summed E-state index contributed by atoms with van der Waals surface area (Å²) in [4.78, 5) is 27.3. The number of hydrogen-bond donors (Lipinski definition) is 1. The Morgan fingerprint density at radius 3 is 2.70 bits per heavy atom. The van der Waals surface area contributed by atoms with Crippen LogP contribution in [0.1, 0.15) is 19.3 Å². The molecule has 1 unspecified atom stereocenters. The fraction of sp³-hybridized carbons (Fsp3) is 0.857. The summed E-state index contributed by atoms with van der Waals surface area (Å²) >= 11 is 0. The molecule has 0 bridgehead atoms. The van der Waals surface area contributed by atoms with Crippen LogP contribution in [-0.2, 0) is 14.3 Å². The molecule has 1 saturated heterocycles. The van der Waals surface area contributed by atoms with Gasteiger partial charge in [0.05, 0.1) is 6.54 Å². The number of carbonyl (C=O) groups excluding carboxylic acids is 2. The van der Waals surface area contributed by atoms with Gasteiger partial charge in [0.25, 0.3) is 0 Å². The summed E-state index contributed by atoms with van der Waals surface area (Å²) < 4.78 is 41.4. The van der Waals surface area contributed by atoms with E-state index in [1.807, 2.05) is 10.2 Å². The third-order valence-corrected chi connectivity index (χ3v) is 3.63. The number of methoxy groups -OCH3 is 1. The highest BCUT2D eigenvalue weighted by atomic mass is 19.4. The summed E-state index contributed by atoms with van der Waals surface area (Å²) in [6.07, 6.45) is -2.67. The van der Waals surface area contributed by atoms with E-state index in [4.69, 9.17) is 4.74 Å². The quantitative estimate of drug-likeness (QED) is 0.659. The van der Waals surface area contributed by atoms with Crippen molar-refractivity contribution in [1.82, 2.24) is 15.1 Å². The van der Waals surface area contributed by atoms with Gasteiger partial charge in [-0.1, -0.05) is 0 Å². The highest BCUT2D eigenvalue weighted by molar-refractivity contribution is 5.88. The van der Waals surface area contributed by atoms with E-state index >= 15 is 0 Å². The van der Waals surface area contributed by atoms with Gasteiger partial charge in [-0.05, 0) is 26.3 Å². The second kappa shape index (κ2) is 9.07. The molecule has 23 heavy (non-hydrogen) atoms. The monoisotopic (exact) mass is 339 g/mol. The third-order valence-electron chi connectivity index (χ3n) is 3.63. The summed E-state index contributed by atoms with van der Waals surface area (Å²) in [5.74, 6) is -0.982. The van der Waals surface area contributed by atoms with Crippen LogP contribution in [0.25, 0.3) is 0 Å². The Morgan fingerprint density at radius 1 is 1.39 bits per heavy atom. The van der Waals surface area contributed by atoms with Crippen LogP contribution >= 0.6 is 0 Å². The van der Waals surface area contributed by atoms with Crippen LogP contribution in [0, 0.1) is 0 Å². The van der Waals surface area contributed by atoms with Crippen molar-refractivity contribution in [1.29, 1.82) is 0 Å². The highest BCUT2D eigenvalue weighted by Gasteiger charge is 2.36. The van der Waals surface area contributed by atoms with Gasteiger partial charge in [-0.3, -0.25) is 14.5 Å². The zero-order valence-electron chi connectivity index (χ0n) is 13.5. The van der Waals surface area contributed by atoms with E-state index in [1.165, 1.54) is 4.90 Å². The van der Waals surface area contributed by atoms with Gasteiger partial charge in [-0.25, -0.2) is 0 Å². The molecule has 0 aromatic rings. The first-order valence-electron chi connectivity index (χ1n) is 7.56. The van der Waals surface area contributed by atoms with E-state index in [0.29, 0.717) is 32.5 Å². The Labute approximate surface area is 133 Å². The van der Waals surface area contributed by atoms with E-state index in [2.05, 4.69) is 0 Å². The molecule has 0 aromatic heterocycles. The van der Waals surface area contributed by atoms with Crippen molar-refractivity contribution >= 4 is 11.8 Å². The maximum absolute atomic E-state index is 12.3. The number of likely N-dealkylation sites (tertiary alicyclic amines) is 1. The Hall–Kier alpha value is -1.35. The van der Waals surface area contributed by atoms with Gasteiger partial charge in [0, 0.05) is 26.8 Å². The molecule has 0 aliphatic carbocycles. The van der Waals surface area contributed by atoms with Gasteiger partial charge in [0.15, 0.2) is 0 Å². The van der Waals surface area contributed by atoms with Crippen molar-refractivity contribution in [2.45, 2.75) is 31.5 Å². The molecule has 0 aromatic carbocycles. The molecule has 0 saturated carbocycles. The zero-order valence-corrected chi connectivity index (χ0v) is 13.5. The summed E-state index contributed by atoms with van der Waals surface area (Å²) in [5, 5.41) is 1.86. The van der Waals surface area contributed by atoms with Gasteiger partial charge in [-0.2, -0.15) is 13.2 Å². The number of nitrogens with one attached hydrogen (secondary N) is 1. The van der Waals surface area contributed by atoms with Crippen molar-refractivity contribution < 1.29 is 27.5 Å². The largest absolute Gasteiger partial charge is 0.405 e. The van der Waals surface area contributed by atoms with E-state index in [1.54, 1.807) is 14.2 Å². The number of carbonyl (C=O) groups is 2. The molecule has 1 rings (SSSR count). The Kier molecular flexibility index (Phi) is 7.77. The molecule has 1 fully saturated rings.